The molecule has 25 heavy (non-hydrogen) atoms. The molecule has 0 fully saturated rings. The van der Waals surface area contributed by atoms with Crippen LogP contribution >= 0.6 is 0 Å². The number of amides is 1. The number of anilines is 1. The van der Waals surface area contributed by atoms with Crippen molar-refractivity contribution in [1.29, 1.82) is 0 Å². The van der Waals surface area contributed by atoms with Crippen molar-refractivity contribution in [3.63, 3.8) is 0 Å². The Kier molecular flexibility index (Phi) is 6.47. The Balaban J connectivity index is 2.01. The van der Waals surface area contributed by atoms with Crippen molar-refractivity contribution in [1.82, 2.24) is 4.90 Å². The fraction of sp³-hybridized carbons (Fsp3) is 0.421. The van der Waals surface area contributed by atoms with Crippen LogP contribution in [0.3, 0.4) is 0 Å². The van der Waals surface area contributed by atoms with Gasteiger partial charge in [-0.05, 0) is 45.0 Å². The molecule has 0 aliphatic heterocycles. The van der Waals surface area contributed by atoms with Crippen molar-refractivity contribution >= 4 is 11.6 Å². The maximum absolute atomic E-state index is 12.4. The standard InChI is InChI=1S/C19H26N2O4/c1-13(2)21(11-16-8-6-14(3)25-16)12-19(22)20-15-7-9-17(23-4)18(10-15)24-5/h6-10,13H,11-12H2,1-5H3,(H,20,22). The zero-order valence-electron chi connectivity index (χ0n) is 15.5. The summed E-state index contributed by atoms with van der Waals surface area (Å²) < 4.78 is 16.1. The molecule has 1 heterocycles. The number of aryl methyl sites for hydroxylation is 1. The minimum atomic E-state index is -0.0933. The number of benzene rings is 1. The largest absolute Gasteiger partial charge is 0.493 e. The summed E-state index contributed by atoms with van der Waals surface area (Å²) in [6.07, 6.45) is 0. The highest BCUT2D eigenvalue weighted by molar-refractivity contribution is 5.92. The molecule has 6 nitrogen and oxygen atoms in total. The molecule has 1 amide bonds. The fourth-order valence-corrected chi connectivity index (χ4v) is 2.49. The number of carbonyl (C=O) groups excluding carboxylic acids is 1. The average molecular weight is 346 g/mol. The zero-order valence-corrected chi connectivity index (χ0v) is 15.5. The molecule has 1 N–H and O–H groups in total. The van der Waals surface area contributed by atoms with Crippen LogP contribution in [-0.4, -0.2) is 37.6 Å². The van der Waals surface area contributed by atoms with Gasteiger partial charge in [0.15, 0.2) is 11.5 Å². The lowest BCUT2D eigenvalue weighted by Gasteiger charge is -2.24. The summed E-state index contributed by atoms with van der Waals surface area (Å²) in [6.45, 7) is 6.88. The van der Waals surface area contributed by atoms with Gasteiger partial charge in [0.05, 0.1) is 27.3 Å². The molecule has 136 valence electrons. The monoisotopic (exact) mass is 346 g/mol. The Bertz CT molecular complexity index is 709. The molecule has 0 atom stereocenters. The van der Waals surface area contributed by atoms with Crippen LogP contribution in [0, 0.1) is 6.92 Å². The van der Waals surface area contributed by atoms with E-state index >= 15 is 0 Å². The van der Waals surface area contributed by atoms with Gasteiger partial charge in [0.2, 0.25) is 5.91 Å². The molecular formula is C19H26N2O4. The quantitative estimate of drug-likeness (QED) is 0.793. The molecule has 0 unspecified atom stereocenters. The van der Waals surface area contributed by atoms with E-state index in [0.717, 1.165) is 11.5 Å². The molecule has 6 heteroatoms. The van der Waals surface area contributed by atoms with E-state index in [2.05, 4.69) is 19.2 Å². The second-order valence-corrected chi connectivity index (χ2v) is 6.13. The number of methoxy groups -OCH3 is 2. The van der Waals surface area contributed by atoms with Crippen LogP contribution in [0.15, 0.2) is 34.7 Å². The van der Waals surface area contributed by atoms with Gasteiger partial charge in [-0.3, -0.25) is 9.69 Å². The third-order valence-electron chi connectivity index (χ3n) is 3.90. The van der Waals surface area contributed by atoms with Crippen LogP contribution in [0.25, 0.3) is 0 Å². The van der Waals surface area contributed by atoms with Crippen LogP contribution in [0.4, 0.5) is 5.69 Å². The molecule has 0 radical (unpaired) electrons. The van der Waals surface area contributed by atoms with Crippen molar-refractivity contribution in [2.24, 2.45) is 0 Å². The van der Waals surface area contributed by atoms with E-state index in [-0.39, 0.29) is 18.5 Å². The Labute approximate surface area is 148 Å². The molecule has 1 aromatic carbocycles. The molecule has 2 rings (SSSR count). The number of hydrogen-bond donors (Lipinski definition) is 1. The van der Waals surface area contributed by atoms with E-state index in [1.165, 1.54) is 0 Å². The van der Waals surface area contributed by atoms with Crippen LogP contribution < -0.4 is 14.8 Å². The lowest BCUT2D eigenvalue weighted by atomic mass is 10.2. The van der Waals surface area contributed by atoms with Crippen molar-refractivity contribution in [2.75, 3.05) is 26.1 Å². The van der Waals surface area contributed by atoms with Gasteiger partial charge < -0.3 is 19.2 Å². The summed E-state index contributed by atoms with van der Waals surface area (Å²) in [5.41, 5.74) is 0.667. The minimum absolute atomic E-state index is 0.0933. The first-order chi connectivity index (χ1) is 11.9. The fourth-order valence-electron chi connectivity index (χ4n) is 2.49. The topological polar surface area (TPSA) is 63.9 Å². The summed E-state index contributed by atoms with van der Waals surface area (Å²) >= 11 is 0. The second kappa shape index (κ2) is 8.58. The zero-order chi connectivity index (χ0) is 18.4. The smallest absolute Gasteiger partial charge is 0.238 e. The van der Waals surface area contributed by atoms with Gasteiger partial charge >= 0.3 is 0 Å². The normalized spacial score (nSPS) is 11.0. The van der Waals surface area contributed by atoms with Crippen LogP contribution in [-0.2, 0) is 11.3 Å². The van der Waals surface area contributed by atoms with Crippen molar-refractivity contribution in [2.45, 2.75) is 33.4 Å². The van der Waals surface area contributed by atoms with Gasteiger partial charge in [0, 0.05) is 17.8 Å². The number of furan rings is 1. The maximum atomic E-state index is 12.4. The van der Waals surface area contributed by atoms with Gasteiger partial charge in [-0.1, -0.05) is 0 Å². The first kappa shape index (κ1) is 18.9. The number of rotatable bonds is 8. The highest BCUT2D eigenvalue weighted by Gasteiger charge is 2.17. The molecule has 2 aromatic rings. The van der Waals surface area contributed by atoms with Gasteiger partial charge in [-0.2, -0.15) is 0 Å². The average Bonchev–Trinajstić information content (AvgIpc) is 2.99. The molecule has 0 aliphatic rings. The summed E-state index contributed by atoms with van der Waals surface area (Å²) in [5, 5.41) is 2.90. The van der Waals surface area contributed by atoms with E-state index in [4.69, 9.17) is 13.9 Å². The van der Waals surface area contributed by atoms with Crippen molar-refractivity contribution in [3.05, 3.63) is 41.9 Å². The Morgan fingerprint density at radius 3 is 2.44 bits per heavy atom. The Morgan fingerprint density at radius 1 is 1.16 bits per heavy atom. The van der Waals surface area contributed by atoms with Gasteiger partial charge in [-0.25, -0.2) is 0 Å². The predicted molar refractivity (Wildman–Crippen MR) is 97.2 cm³/mol. The molecule has 0 bridgehead atoms. The molecule has 1 aromatic heterocycles. The Hall–Kier alpha value is -2.47. The summed E-state index contributed by atoms with van der Waals surface area (Å²) in [6, 6.07) is 9.37. The first-order valence-corrected chi connectivity index (χ1v) is 8.24. The highest BCUT2D eigenvalue weighted by atomic mass is 16.5. The molecule has 0 aliphatic carbocycles. The number of ether oxygens (including phenoxy) is 2. The lowest BCUT2D eigenvalue weighted by Crippen LogP contribution is -2.37. The van der Waals surface area contributed by atoms with E-state index in [0.29, 0.717) is 23.7 Å². The van der Waals surface area contributed by atoms with Crippen LogP contribution in [0.2, 0.25) is 0 Å². The highest BCUT2D eigenvalue weighted by Crippen LogP contribution is 2.29. The third kappa shape index (κ3) is 5.26. The number of nitrogens with zero attached hydrogens (tertiary/aromatic N) is 1. The van der Waals surface area contributed by atoms with E-state index in [1.54, 1.807) is 32.4 Å². The van der Waals surface area contributed by atoms with Crippen molar-refractivity contribution < 1.29 is 18.7 Å². The first-order valence-electron chi connectivity index (χ1n) is 8.24. The summed E-state index contributed by atoms with van der Waals surface area (Å²) in [5.74, 6) is 2.83. The van der Waals surface area contributed by atoms with Crippen LogP contribution in [0.1, 0.15) is 25.4 Å². The van der Waals surface area contributed by atoms with Crippen molar-refractivity contribution in [3.8, 4) is 11.5 Å². The number of carbonyl (C=O) groups is 1. The van der Waals surface area contributed by atoms with Crippen LogP contribution in [0.5, 0.6) is 11.5 Å². The molecular weight excluding hydrogens is 320 g/mol. The van der Waals surface area contributed by atoms with E-state index < -0.39 is 0 Å². The molecule has 0 saturated heterocycles. The number of hydrogen-bond acceptors (Lipinski definition) is 5. The lowest BCUT2D eigenvalue weighted by molar-refractivity contribution is -0.117. The van der Waals surface area contributed by atoms with Gasteiger partial charge in [0.1, 0.15) is 11.5 Å². The molecule has 0 spiro atoms. The van der Waals surface area contributed by atoms with E-state index in [9.17, 15) is 4.79 Å². The molecule has 0 saturated carbocycles. The predicted octanol–water partition coefficient (Wildman–Crippen LogP) is 3.45. The minimum Gasteiger partial charge on any atom is -0.493 e. The van der Waals surface area contributed by atoms with E-state index in [1.807, 2.05) is 24.0 Å². The van der Waals surface area contributed by atoms with Gasteiger partial charge in [0.25, 0.3) is 0 Å². The second-order valence-electron chi connectivity index (χ2n) is 6.13. The van der Waals surface area contributed by atoms with Gasteiger partial charge in [-0.15, -0.1) is 0 Å². The summed E-state index contributed by atoms with van der Waals surface area (Å²) in [7, 11) is 3.14. The SMILES string of the molecule is COc1ccc(NC(=O)CN(Cc2ccc(C)o2)C(C)C)cc1OC. The summed E-state index contributed by atoms with van der Waals surface area (Å²) in [4.78, 5) is 14.5. The number of nitrogens with one attached hydrogen (secondary N) is 1. The maximum Gasteiger partial charge on any atom is 0.238 e. The Morgan fingerprint density at radius 2 is 1.88 bits per heavy atom. The third-order valence-corrected chi connectivity index (χ3v) is 3.90.